The molecule has 0 aromatic carbocycles. The molecule has 1 atom stereocenters. The first kappa shape index (κ1) is 9.96. The topological polar surface area (TPSA) is 18.5 Å². The van der Waals surface area contributed by atoms with E-state index in [0.717, 1.165) is 0 Å². The second-order valence-corrected chi connectivity index (χ2v) is 5.71. The molecule has 0 saturated heterocycles. The van der Waals surface area contributed by atoms with Crippen LogP contribution in [0.5, 0.6) is 0 Å². The molecule has 12 heavy (non-hydrogen) atoms. The molecule has 0 aromatic rings. The molecule has 0 spiro atoms. The van der Waals surface area contributed by atoms with Gasteiger partial charge in [0.25, 0.3) is 0 Å². The van der Waals surface area contributed by atoms with Crippen LogP contribution in [0.3, 0.4) is 0 Å². The van der Waals surface area contributed by atoms with E-state index in [1.807, 2.05) is 0 Å². The molecule has 2 nitrogen and oxygen atoms in total. The van der Waals surface area contributed by atoms with Gasteiger partial charge in [-0.25, -0.2) is 0 Å². The van der Waals surface area contributed by atoms with E-state index in [1.54, 1.807) is 14.2 Å². The normalized spacial score (nSPS) is 24.2. The smallest absolute Gasteiger partial charge is 0.351 e. The first-order valence-electron chi connectivity index (χ1n) is 4.45. The van der Waals surface area contributed by atoms with E-state index in [2.05, 4.69) is 13.8 Å². The van der Waals surface area contributed by atoms with E-state index in [1.165, 1.54) is 23.6 Å². The van der Waals surface area contributed by atoms with Crippen molar-refractivity contribution in [2.75, 3.05) is 14.2 Å². The van der Waals surface area contributed by atoms with Gasteiger partial charge in [0.05, 0.1) is 0 Å². The minimum absolute atomic E-state index is 0.682. The van der Waals surface area contributed by atoms with Crippen LogP contribution in [0.25, 0.3) is 0 Å². The zero-order chi connectivity index (χ0) is 9.14. The van der Waals surface area contributed by atoms with Crippen molar-refractivity contribution in [1.29, 1.82) is 0 Å². The van der Waals surface area contributed by atoms with Crippen LogP contribution < -0.4 is 0 Å². The van der Waals surface area contributed by atoms with Crippen LogP contribution in [-0.4, -0.2) is 23.5 Å². The molecule has 0 amide bonds. The van der Waals surface area contributed by atoms with Gasteiger partial charge in [-0.05, 0) is 30.9 Å². The van der Waals surface area contributed by atoms with E-state index in [-0.39, 0.29) is 0 Å². The van der Waals surface area contributed by atoms with Gasteiger partial charge in [-0.1, -0.05) is 12.5 Å². The van der Waals surface area contributed by atoms with E-state index in [9.17, 15) is 0 Å². The zero-order valence-electron chi connectivity index (χ0n) is 8.39. The molecule has 1 rings (SSSR count). The maximum Gasteiger partial charge on any atom is 0.351 e. The van der Waals surface area contributed by atoms with Gasteiger partial charge in [-0.15, -0.1) is 0 Å². The Kier molecular flexibility index (Phi) is 3.49. The molecule has 0 radical (unpaired) electrons. The summed E-state index contributed by atoms with van der Waals surface area (Å²) in [4.78, 5) is 0. The van der Waals surface area contributed by atoms with Gasteiger partial charge < -0.3 is 8.85 Å². The molecular formula is C9H18O2Si. The van der Waals surface area contributed by atoms with Gasteiger partial charge in [-0.3, -0.25) is 0 Å². The largest absolute Gasteiger partial charge is 0.397 e. The maximum atomic E-state index is 5.38. The Hall–Kier alpha value is -0.123. The Balaban J connectivity index is 2.76. The number of rotatable bonds is 3. The van der Waals surface area contributed by atoms with E-state index in [4.69, 9.17) is 8.85 Å². The van der Waals surface area contributed by atoms with Crippen LogP contribution in [0.15, 0.2) is 10.8 Å². The van der Waals surface area contributed by atoms with Crippen LogP contribution in [-0.2, 0) is 8.85 Å². The average molecular weight is 186 g/mol. The van der Waals surface area contributed by atoms with Gasteiger partial charge in [0.2, 0.25) is 0 Å². The second kappa shape index (κ2) is 4.21. The summed E-state index contributed by atoms with van der Waals surface area (Å²) in [6, 6.07) is 0. The Bertz CT molecular complexity index is 185. The predicted octanol–water partition coefficient (Wildman–Crippen LogP) is 1.79. The van der Waals surface area contributed by atoms with Crippen molar-refractivity contribution < 1.29 is 8.85 Å². The molecule has 0 aromatic heterocycles. The maximum absolute atomic E-state index is 5.38. The Morgan fingerprint density at radius 1 is 1.33 bits per heavy atom. The minimum Gasteiger partial charge on any atom is -0.397 e. The quantitative estimate of drug-likeness (QED) is 0.626. The number of hydrogen-bond acceptors (Lipinski definition) is 2. The fourth-order valence-electron chi connectivity index (χ4n) is 1.94. The number of hydrogen-bond donors (Lipinski definition) is 0. The van der Waals surface area contributed by atoms with Crippen LogP contribution in [0.4, 0.5) is 0 Å². The first-order valence-corrected chi connectivity index (χ1v) is 5.97. The van der Waals surface area contributed by atoms with Crippen LogP contribution in [0.2, 0.25) is 0 Å². The third-order valence-corrected chi connectivity index (χ3v) is 5.08. The molecule has 0 fully saturated rings. The molecule has 1 aliphatic rings. The summed E-state index contributed by atoms with van der Waals surface area (Å²) in [6.07, 6.45) is 2.50. The van der Waals surface area contributed by atoms with Crippen molar-refractivity contribution >= 4 is 9.28 Å². The highest BCUT2D eigenvalue weighted by Crippen LogP contribution is 2.32. The van der Waals surface area contributed by atoms with Crippen LogP contribution in [0, 0.1) is 5.92 Å². The fourth-order valence-corrected chi connectivity index (χ4v) is 3.82. The van der Waals surface area contributed by atoms with Crippen molar-refractivity contribution in [3.05, 3.63) is 10.8 Å². The van der Waals surface area contributed by atoms with Gasteiger partial charge in [-0.2, -0.15) is 0 Å². The van der Waals surface area contributed by atoms with Gasteiger partial charge in [0, 0.05) is 14.2 Å². The summed E-state index contributed by atoms with van der Waals surface area (Å²) < 4.78 is 10.8. The van der Waals surface area contributed by atoms with E-state index < -0.39 is 9.28 Å². The Morgan fingerprint density at radius 2 is 1.92 bits per heavy atom. The van der Waals surface area contributed by atoms with E-state index >= 15 is 0 Å². The van der Waals surface area contributed by atoms with Crippen molar-refractivity contribution in [2.24, 2.45) is 5.92 Å². The lowest BCUT2D eigenvalue weighted by Gasteiger charge is -2.17. The fraction of sp³-hybridized carbons (Fsp3) is 0.778. The predicted molar refractivity (Wildman–Crippen MR) is 52.3 cm³/mol. The van der Waals surface area contributed by atoms with Gasteiger partial charge in [0.15, 0.2) is 0 Å². The Labute approximate surface area is 76.4 Å². The Morgan fingerprint density at radius 3 is 2.25 bits per heavy atom. The zero-order valence-corrected chi connectivity index (χ0v) is 9.54. The third-order valence-electron chi connectivity index (χ3n) is 2.66. The van der Waals surface area contributed by atoms with Crippen molar-refractivity contribution in [3.8, 4) is 0 Å². The van der Waals surface area contributed by atoms with Gasteiger partial charge >= 0.3 is 9.28 Å². The molecule has 0 heterocycles. The highest BCUT2D eigenvalue weighted by atomic mass is 28.3. The molecule has 1 aliphatic carbocycles. The monoisotopic (exact) mass is 186 g/mol. The molecule has 1 unspecified atom stereocenters. The standard InChI is InChI=1S/C9H18O2Si/c1-7-5-6-8(2)9(7)12(10-3)11-4/h7,12H,5-6H2,1-4H3. The minimum atomic E-state index is -1.48. The van der Waals surface area contributed by atoms with Crippen LogP contribution in [0.1, 0.15) is 26.7 Å². The summed E-state index contributed by atoms with van der Waals surface area (Å²) in [5, 5.41) is 1.49. The molecular weight excluding hydrogens is 168 g/mol. The summed E-state index contributed by atoms with van der Waals surface area (Å²) in [7, 11) is 2.03. The van der Waals surface area contributed by atoms with Gasteiger partial charge in [0.1, 0.15) is 0 Å². The summed E-state index contributed by atoms with van der Waals surface area (Å²) in [5.41, 5.74) is 1.50. The molecule has 0 N–H and O–H groups in total. The van der Waals surface area contributed by atoms with Crippen molar-refractivity contribution in [1.82, 2.24) is 0 Å². The lowest BCUT2D eigenvalue weighted by molar-refractivity contribution is 0.283. The molecule has 0 bridgehead atoms. The summed E-state index contributed by atoms with van der Waals surface area (Å²) in [6.45, 7) is 4.47. The highest BCUT2D eigenvalue weighted by Gasteiger charge is 2.28. The number of allylic oxidation sites excluding steroid dienone is 2. The summed E-state index contributed by atoms with van der Waals surface area (Å²) >= 11 is 0. The molecule has 3 heteroatoms. The highest BCUT2D eigenvalue weighted by molar-refractivity contribution is 6.54. The molecule has 0 aliphatic heterocycles. The van der Waals surface area contributed by atoms with E-state index in [0.29, 0.717) is 5.92 Å². The van der Waals surface area contributed by atoms with Crippen molar-refractivity contribution in [3.63, 3.8) is 0 Å². The second-order valence-electron chi connectivity index (χ2n) is 3.48. The lowest BCUT2D eigenvalue weighted by atomic mass is 10.2. The first-order chi connectivity index (χ1) is 5.70. The summed E-state index contributed by atoms with van der Waals surface area (Å²) in [5.74, 6) is 0.682. The lowest BCUT2D eigenvalue weighted by Crippen LogP contribution is -2.25. The molecule has 70 valence electrons. The average Bonchev–Trinajstić information content (AvgIpc) is 2.38. The third kappa shape index (κ3) is 1.79. The van der Waals surface area contributed by atoms with Crippen LogP contribution >= 0.6 is 0 Å². The van der Waals surface area contributed by atoms with Crippen molar-refractivity contribution in [2.45, 2.75) is 26.7 Å². The SMILES string of the molecule is CO[SiH](OC)C1=C(C)CCC1C. The molecule has 0 saturated carbocycles.